The van der Waals surface area contributed by atoms with Gasteiger partial charge in [0.15, 0.2) is 11.5 Å². The Hall–Kier alpha value is -2.60. The van der Waals surface area contributed by atoms with Crippen LogP contribution in [0.2, 0.25) is 0 Å². The largest absolute Gasteiger partial charge is 0.493 e. The van der Waals surface area contributed by atoms with Gasteiger partial charge in [-0.3, -0.25) is 4.79 Å². The topological polar surface area (TPSA) is 52.0 Å². The number of carbonyl (C=O) groups excluding carboxylic acids is 1. The van der Waals surface area contributed by atoms with E-state index in [1.54, 1.807) is 26.4 Å². The molecule has 6 heteroatoms. The molecule has 0 aromatic heterocycles. The second kappa shape index (κ2) is 8.61. The van der Waals surface area contributed by atoms with E-state index in [0.29, 0.717) is 18.0 Å². The number of nitrogens with one attached hydrogen (secondary N) is 2. The summed E-state index contributed by atoms with van der Waals surface area (Å²) in [4.78, 5) is 13.0. The SMILES string of the molecule is COc1cc2c(cc1OC)[C@@H]([C@H](C)NC(C)=O)[NH+](Cc1cccc(F)c1)CC2. The molecule has 1 aliphatic rings. The van der Waals surface area contributed by atoms with Crippen LogP contribution in [0.15, 0.2) is 36.4 Å². The molecule has 0 fully saturated rings. The molecule has 1 aliphatic heterocycles. The van der Waals surface area contributed by atoms with Crippen molar-refractivity contribution in [1.29, 1.82) is 0 Å². The van der Waals surface area contributed by atoms with Crippen LogP contribution >= 0.6 is 0 Å². The van der Waals surface area contributed by atoms with Gasteiger partial charge in [0.2, 0.25) is 5.91 Å². The molecule has 150 valence electrons. The van der Waals surface area contributed by atoms with E-state index in [1.165, 1.54) is 23.5 Å². The molecule has 0 aliphatic carbocycles. The molecular formula is C22H28FN2O3+. The zero-order valence-corrected chi connectivity index (χ0v) is 16.8. The first kappa shape index (κ1) is 20.1. The maximum atomic E-state index is 13.7. The molecular weight excluding hydrogens is 359 g/mol. The number of fused-ring (bicyclic) bond motifs is 1. The number of carbonyl (C=O) groups is 1. The van der Waals surface area contributed by atoms with E-state index < -0.39 is 0 Å². The zero-order valence-electron chi connectivity index (χ0n) is 16.8. The van der Waals surface area contributed by atoms with E-state index >= 15 is 0 Å². The van der Waals surface area contributed by atoms with Crippen LogP contribution in [0.25, 0.3) is 0 Å². The van der Waals surface area contributed by atoms with Crippen molar-refractivity contribution in [3.8, 4) is 11.5 Å². The van der Waals surface area contributed by atoms with E-state index in [1.807, 2.05) is 25.1 Å². The number of rotatable bonds is 6. The van der Waals surface area contributed by atoms with Crippen LogP contribution < -0.4 is 19.7 Å². The Balaban J connectivity index is 2.00. The minimum absolute atomic E-state index is 0.0238. The zero-order chi connectivity index (χ0) is 20.3. The van der Waals surface area contributed by atoms with Crippen LogP contribution in [0, 0.1) is 5.82 Å². The fraction of sp³-hybridized carbons (Fsp3) is 0.409. The van der Waals surface area contributed by atoms with Gasteiger partial charge in [-0.05, 0) is 36.8 Å². The lowest BCUT2D eigenvalue weighted by atomic mass is 9.87. The molecule has 0 saturated carbocycles. The molecule has 0 bridgehead atoms. The summed E-state index contributed by atoms with van der Waals surface area (Å²) >= 11 is 0. The molecule has 5 nitrogen and oxygen atoms in total. The minimum atomic E-state index is -0.229. The van der Waals surface area contributed by atoms with Gasteiger partial charge in [0.05, 0.1) is 26.8 Å². The Bertz CT molecular complexity index is 856. The summed E-state index contributed by atoms with van der Waals surface area (Å²) in [6.45, 7) is 5.11. The van der Waals surface area contributed by atoms with Crippen molar-refractivity contribution < 1.29 is 23.6 Å². The molecule has 0 saturated heterocycles. The van der Waals surface area contributed by atoms with Crippen LogP contribution in [-0.4, -0.2) is 32.7 Å². The highest BCUT2D eigenvalue weighted by Gasteiger charge is 2.36. The van der Waals surface area contributed by atoms with Crippen LogP contribution in [-0.2, 0) is 17.8 Å². The van der Waals surface area contributed by atoms with Gasteiger partial charge in [-0.1, -0.05) is 12.1 Å². The fourth-order valence-electron chi connectivity index (χ4n) is 4.25. The molecule has 3 rings (SSSR count). The van der Waals surface area contributed by atoms with E-state index in [0.717, 1.165) is 24.1 Å². The Labute approximate surface area is 165 Å². The highest BCUT2D eigenvalue weighted by molar-refractivity contribution is 5.73. The highest BCUT2D eigenvalue weighted by atomic mass is 19.1. The normalized spacial score (nSPS) is 19.5. The average Bonchev–Trinajstić information content (AvgIpc) is 2.66. The number of amides is 1. The summed E-state index contributed by atoms with van der Waals surface area (Å²) in [7, 11) is 3.25. The first-order valence-electron chi connectivity index (χ1n) is 9.53. The summed E-state index contributed by atoms with van der Waals surface area (Å²) in [5, 5.41) is 3.04. The molecule has 0 radical (unpaired) electrons. The van der Waals surface area contributed by atoms with E-state index in [2.05, 4.69) is 5.32 Å². The second-order valence-corrected chi connectivity index (χ2v) is 7.34. The van der Waals surface area contributed by atoms with Gasteiger partial charge in [0.25, 0.3) is 0 Å². The van der Waals surface area contributed by atoms with Crippen LogP contribution in [0.4, 0.5) is 4.39 Å². The van der Waals surface area contributed by atoms with Gasteiger partial charge >= 0.3 is 0 Å². The van der Waals surface area contributed by atoms with Crippen molar-refractivity contribution in [2.45, 2.75) is 38.9 Å². The smallest absolute Gasteiger partial charge is 0.217 e. The monoisotopic (exact) mass is 387 g/mol. The van der Waals surface area contributed by atoms with Gasteiger partial charge in [-0.2, -0.15) is 0 Å². The molecule has 28 heavy (non-hydrogen) atoms. The lowest BCUT2D eigenvalue weighted by Crippen LogP contribution is -3.13. The summed E-state index contributed by atoms with van der Waals surface area (Å²) in [5.41, 5.74) is 3.28. The number of hydrogen-bond donors (Lipinski definition) is 2. The van der Waals surface area contributed by atoms with E-state index in [4.69, 9.17) is 9.47 Å². The number of benzene rings is 2. The maximum Gasteiger partial charge on any atom is 0.217 e. The summed E-state index contributed by atoms with van der Waals surface area (Å²) in [5.74, 6) is 1.09. The first-order valence-corrected chi connectivity index (χ1v) is 9.53. The summed E-state index contributed by atoms with van der Waals surface area (Å²) in [6.07, 6.45) is 0.879. The number of ether oxygens (including phenoxy) is 2. The number of quaternary nitrogens is 1. The Morgan fingerprint density at radius 3 is 2.61 bits per heavy atom. The van der Waals surface area contributed by atoms with Crippen molar-refractivity contribution in [3.63, 3.8) is 0 Å². The number of methoxy groups -OCH3 is 2. The van der Waals surface area contributed by atoms with Crippen molar-refractivity contribution in [3.05, 3.63) is 58.9 Å². The van der Waals surface area contributed by atoms with Crippen molar-refractivity contribution in [2.24, 2.45) is 0 Å². The molecule has 3 atom stereocenters. The predicted molar refractivity (Wildman–Crippen MR) is 105 cm³/mol. The quantitative estimate of drug-likeness (QED) is 0.798. The van der Waals surface area contributed by atoms with E-state index in [-0.39, 0.29) is 23.8 Å². The maximum absolute atomic E-state index is 13.7. The third-order valence-corrected chi connectivity index (χ3v) is 5.39. The van der Waals surface area contributed by atoms with Crippen molar-refractivity contribution in [2.75, 3.05) is 20.8 Å². The lowest BCUT2D eigenvalue weighted by molar-refractivity contribution is -0.948. The van der Waals surface area contributed by atoms with Crippen LogP contribution in [0.3, 0.4) is 0 Å². The fourth-order valence-corrected chi connectivity index (χ4v) is 4.25. The Morgan fingerprint density at radius 1 is 1.25 bits per heavy atom. The molecule has 0 spiro atoms. The second-order valence-electron chi connectivity index (χ2n) is 7.34. The highest BCUT2D eigenvalue weighted by Crippen LogP contribution is 2.35. The summed E-state index contributed by atoms with van der Waals surface area (Å²) < 4.78 is 24.6. The Kier molecular flexibility index (Phi) is 6.19. The first-order chi connectivity index (χ1) is 13.4. The molecule has 1 heterocycles. The van der Waals surface area contributed by atoms with E-state index in [9.17, 15) is 9.18 Å². The average molecular weight is 387 g/mol. The van der Waals surface area contributed by atoms with Gasteiger partial charge in [0, 0.05) is 24.5 Å². The predicted octanol–water partition coefficient (Wildman–Crippen LogP) is 2.05. The standard InChI is InChI=1S/C22H27FN2O3/c1-14(24-15(2)26)22-19-12-21(28-4)20(27-3)11-17(19)8-9-25(22)13-16-6-5-7-18(23)10-16/h5-7,10-12,14,22H,8-9,13H2,1-4H3,(H,24,26)/p+1/t14-,22+/m0/s1. The minimum Gasteiger partial charge on any atom is -0.493 e. The number of halogens is 1. The lowest BCUT2D eigenvalue weighted by Gasteiger charge is -2.38. The molecule has 2 aromatic carbocycles. The number of hydrogen-bond acceptors (Lipinski definition) is 3. The van der Waals surface area contributed by atoms with Crippen LogP contribution in [0.5, 0.6) is 11.5 Å². The Morgan fingerprint density at radius 2 is 1.96 bits per heavy atom. The third-order valence-electron chi connectivity index (χ3n) is 5.39. The molecule has 1 unspecified atom stereocenters. The van der Waals surface area contributed by atoms with Gasteiger partial charge in [-0.15, -0.1) is 0 Å². The molecule has 2 aromatic rings. The van der Waals surface area contributed by atoms with Gasteiger partial charge < -0.3 is 19.7 Å². The van der Waals surface area contributed by atoms with Crippen molar-refractivity contribution >= 4 is 5.91 Å². The van der Waals surface area contributed by atoms with Gasteiger partial charge in [-0.25, -0.2) is 4.39 Å². The van der Waals surface area contributed by atoms with Crippen molar-refractivity contribution in [1.82, 2.24) is 5.32 Å². The molecule has 2 N–H and O–H groups in total. The van der Waals surface area contributed by atoms with Gasteiger partial charge in [0.1, 0.15) is 18.4 Å². The third kappa shape index (κ3) is 4.28. The summed E-state index contributed by atoms with van der Waals surface area (Å²) in [6, 6.07) is 10.7. The molecule has 1 amide bonds. The van der Waals surface area contributed by atoms with Crippen LogP contribution in [0.1, 0.15) is 36.6 Å².